The third-order valence-electron chi connectivity index (χ3n) is 8.96. The molecular weight excluding hydrogens is 500 g/mol. The number of aromatic nitrogens is 4. The maximum atomic E-state index is 5.21. The summed E-state index contributed by atoms with van der Waals surface area (Å²) in [5.41, 5.74) is 13.1. The quantitative estimate of drug-likeness (QED) is 0.202. The molecule has 0 aliphatic heterocycles. The van der Waals surface area contributed by atoms with Crippen LogP contribution in [0.15, 0.2) is 121 Å². The van der Waals surface area contributed by atoms with Crippen LogP contribution in [0.25, 0.3) is 77.1 Å². The minimum atomic E-state index is 0.874. The van der Waals surface area contributed by atoms with Crippen LogP contribution >= 0.6 is 0 Å². The number of nitrogens with zero attached hydrogens (tertiary/aromatic N) is 4. The van der Waals surface area contributed by atoms with Crippen LogP contribution in [0.1, 0.15) is 11.1 Å². The smallest absolute Gasteiger partial charge is 0.147 e. The Bertz CT molecular complexity index is 2550. The Morgan fingerprint density at radius 1 is 0.585 bits per heavy atom. The van der Waals surface area contributed by atoms with E-state index in [1.165, 1.54) is 60.5 Å². The van der Waals surface area contributed by atoms with Gasteiger partial charge in [0.1, 0.15) is 11.3 Å². The molecule has 5 aromatic carbocycles. The van der Waals surface area contributed by atoms with E-state index in [2.05, 4.69) is 118 Å². The predicted octanol–water partition coefficient (Wildman–Crippen LogP) is 8.86. The average molecular weight is 523 g/mol. The lowest BCUT2D eigenvalue weighted by molar-refractivity contribution is 1.18. The molecule has 1 aliphatic carbocycles. The maximum absolute atomic E-state index is 5.21. The fraction of sp³-hybridized carbons (Fsp3) is 0.0270. The standard InChI is InChI=1S/C37H22N4/c1-2-9-23(10-3-1)40-31-14-6-4-11-24(31)27-17-16-22-21-29-26(33(22)35(27)40)19-18-25-28-12-8-20-38-36(28)41-32-15-7-5-13-30(32)39-37(41)34(25)29/h1-20H,21H2. The van der Waals surface area contributed by atoms with Crippen LogP contribution in [0, 0.1) is 0 Å². The molecule has 4 heterocycles. The molecule has 0 fully saturated rings. The number of hydrogen-bond acceptors (Lipinski definition) is 2. The molecule has 0 N–H and O–H groups in total. The lowest BCUT2D eigenvalue weighted by atomic mass is 9.97. The van der Waals surface area contributed by atoms with Crippen molar-refractivity contribution in [3.8, 4) is 16.8 Å². The largest absolute Gasteiger partial charge is 0.309 e. The molecule has 1 aliphatic rings. The van der Waals surface area contributed by atoms with E-state index in [1.807, 2.05) is 12.3 Å². The van der Waals surface area contributed by atoms with E-state index < -0.39 is 0 Å². The molecule has 0 bridgehead atoms. The normalized spacial score (nSPS) is 12.8. The first-order valence-corrected chi connectivity index (χ1v) is 14.1. The lowest BCUT2D eigenvalue weighted by Crippen LogP contribution is -1.96. The molecule has 0 atom stereocenters. The van der Waals surface area contributed by atoms with Gasteiger partial charge in [0.25, 0.3) is 0 Å². The average Bonchev–Trinajstić information content (AvgIpc) is 3.71. The molecule has 9 aromatic rings. The Hall–Kier alpha value is -5.48. The minimum absolute atomic E-state index is 0.874. The van der Waals surface area contributed by atoms with Gasteiger partial charge in [0, 0.05) is 39.0 Å². The first kappa shape index (κ1) is 21.4. The van der Waals surface area contributed by atoms with Gasteiger partial charge in [-0.3, -0.25) is 4.40 Å². The zero-order chi connectivity index (χ0) is 26.7. The molecule has 0 unspecified atom stereocenters. The van der Waals surface area contributed by atoms with Gasteiger partial charge in [0.15, 0.2) is 0 Å². The van der Waals surface area contributed by atoms with Crippen LogP contribution in [0.3, 0.4) is 0 Å². The summed E-state index contributed by atoms with van der Waals surface area (Å²) in [7, 11) is 0. The predicted molar refractivity (Wildman–Crippen MR) is 168 cm³/mol. The fourth-order valence-corrected chi connectivity index (χ4v) is 7.32. The summed E-state index contributed by atoms with van der Waals surface area (Å²) in [6.07, 6.45) is 2.75. The Morgan fingerprint density at radius 2 is 1.37 bits per heavy atom. The molecular formula is C37H22N4. The van der Waals surface area contributed by atoms with Crippen molar-refractivity contribution in [3.05, 3.63) is 133 Å². The van der Waals surface area contributed by atoms with E-state index in [0.717, 1.165) is 34.1 Å². The van der Waals surface area contributed by atoms with Gasteiger partial charge in [0.2, 0.25) is 0 Å². The van der Waals surface area contributed by atoms with Crippen LogP contribution in [-0.2, 0) is 6.42 Å². The first-order chi connectivity index (χ1) is 20.4. The summed E-state index contributed by atoms with van der Waals surface area (Å²) >= 11 is 0. The highest BCUT2D eigenvalue weighted by atomic mass is 15.1. The van der Waals surface area contributed by atoms with Gasteiger partial charge in [0.05, 0.1) is 22.1 Å². The van der Waals surface area contributed by atoms with Crippen molar-refractivity contribution in [2.75, 3.05) is 0 Å². The highest BCUT2D eigenvalue weighted by Crippen LogP contribution is 2.48. The number of pyridine rings is 2. The Labute approximate surface area is 234 Å². The summed E-state index contributed by atoms with van der Waals surface area (Å²) in [5, 5.41) is 6.16. The number of imidazole rings is 1. The molecule has 0 spiro atoms. The first-order valence-electron chi connectivity index (χ1n) is 14.1. The van der Waals surface area contributed by atoms with Gasteiger partial charge >= 0.3 is 0 Å². The summed E-state index contributed by atoms with van der Waals surface area (Å²) in [5.74, 6) is 0. The number of benzene rings is 5. The number of hydrogen-bond donors (Lipinski definition) is 0. The van der Waals surface area contributed by atoms with Gasteiger partial charge in [-0.15, -0.1) is 0 Å². The molecule has 4 heteroatoms. The molecule has 41 heavy (non-hydrogen) atoms. The molecule has 0 radical (unpaired) electrons. The minimum Gasteiger partial charge on any atom is -0.309 e. The second kappa shape index (κ2) is 7.58. The second-order valence-electron chi connectivity index (χ2n) is 11.0. The summed E-state index contributed by atoms with van der Waals surface area (Å²) in [6, 6.07) is 41.4. The van der Waals surface area contributed by atoms with Gasteiger partial charge in [-0.1, -0.05) is 72.8 Å². The van der Waals surface area contributed by atoms with Gasteiger partial charge in [-0.05, 0) is 71.0 Å². The molecule has 4 aromatic heterocycles. The summed E-state index contributed by atoms with van der Waals surface area (Å²) in [6.45, 7) is 0. The Morgan fingerprint density at radius 3 is 2.29 bits per heavy atom. The van der Waals surface area contributed by atoms with Crippen LogP contribution in [0.2, 0.25) is 0 Å². The lowest BCUT2D eigenvalue weighted by Gasteiger charge is -2.13. The topological polar surface area (TPSA) is 35.1 Å². The Balaban J connectivity index is 1.40. The third-order valence-corrected chi connectivity index (χ3v) is 8.96. The van der Waals surface area contributed by atoms with Gasteiger partial charge < -0.3 is 4.57 Å². The van der Waals surface area contributed by atoms with Crippen LogP contribution in [-0.4, -0.2) is 18.9 Å². The van der Waals surface area contributed by atoms with E-state index in [9.17, 15) is 0 Å². The van der Waals surface area contributed by atoms with Crippen molar-refractivity contribution in [1.82, 2.24) is 18.9 Å². The van der Waals surface area contributed by atoms with E-state index >= 15 is 0 Å². The maximum Gasteiger partial charge on any atom is 0.147 e. The molecule has 0 saturated carbocycles. The highest BCUT2D eigenvalue weighted by molar-refractivity contribution is 6.19. The summed E-state index contributed by atoms with van der Waals surface area (Å²) < 4.78 is 4.71. The van der Waals surface area contributed by atoms with Gasteiger partial charge in [-0.2, -0.15) is 0 Å². The van der Waals surface area contributed by atoms with Crippen molar-refractivity contribution in [2.24, 2.45) is 0 Å². The van der Waals surface area contributed by atoms with E-state index in [-0.39, 0.29) is 0 Å². The van der Waals surface area contributed by atoms with Crippen molar-refractivity contribution >= 4 is 60.3 Å². The third kappa shape index (κ3) is 2.64. The number of rotatable bonds is 1. The summed E-state index contributed by atoms with van der Waals surface area (Å²) in [4.78, 5) is 10.1. The van der Waals surface area contributed by atoms with Crippen LogP contribution in [0.5, 0.6) is 0 Å². The van der Waals surface area contributed by atoms with Crippen molar-refractivity contribution in [2.45, 2.75) is 6.42 Å². The highest BCUT2D eigenvalue weighted by Gasteiger charge is 2.28. The fourth-order valence-electron chi connectivity index (χ4n) is 7.32. The van der Waals surface area contributed by atoms with Crippen molar-refractivity contribution in [1.29, 1.82) is 0 Å². The number of fused-ring (bicyclic) bond motifs is 16. The zero-order valence-electron chi connectivity index (χ0n) is 22.0. The monoisotopic (exact) mass is 522 g/mol. The van der Waals surface area contributed by atoms with Crippen LogP contribution < -0.4 is 0 Å². The van der Waals surface area contributed by atoms with Crippen molar-refractivity contribution < 1.29 is 0 Å². The van der Waals surface area contributed by atoms with Crippen molar-refractivity contribution in [3.63, 3.8) is 0 Å². The SMILES string of the molecule is c1ccc(-n2c3ccccc3c3ccc4c(c32)-c2ccc3c5cccnc5n5c6ccccc6nc5c3c2C4)cc1. The second-order valence-corrected chi connectivity index (χ2v) is 11.0. The molecule has 0 saturated heterocycles. The zero-order valence-corrected chi connectivity index (χ0v) is 22.0. The Kier molecular flexibility index (Phi) is 3.95. The van der Waals surface area contributed by atoms with E-state index in [4.69, 9.17) is 9.97 Å². The molecule has 190 valence electrons. The number of para-hydroxylation sites is 4. The molecule has 4 nitrogen and oxygen atoms in total. The molecule has 10 rings (SSSR count). The van der Waals surface area contributed by atoms with E-state index in [0.29, 0.717) is 0 Å². The molecule has 0 amide bonds. The van der Waals surface area contributed by atoms with Gasteiger partial charge in [-0.25, -0.2) is 9.97 Å². The van der Waals surface area contributed by atoms with E-state index in [1.54, 1.807) is 0 Å². The van der Waals surface area contributed by atoms with Crippen LogP contribution in [0.4, 0.5) is 0 Å².